The minimum Gasteiger partial charge on any atom is -0.508 e. The Bertz CT molecular complexity index is 1090. The first-order chi connectivity index (χ1) is 15.0. The number of rotatable bonds is 7. The van der Waals surface area contributed by atoms with Crippen LogP contribution in [0.15, 0.2) is 40.1 Å². The SMILES string of the molecule is CC(F)Cc1cn([C@@]2(O)O[C@H](CO)[C@@H](O)[C@]2(O)N(O)Cc2ccccc2O)c(=O)[nH]c1=O. The zero-order valence-electron chi connectivity index (χ0n) is 16.9. The molecule has 0 amide bonds. The monoisotopic (exact) mass is 457 g/mol. The van der Waals surface area contributed by atoms with Gasteiger partial charge in [-0.3, -0.25) is 9.78 Å². The van der Waals surface area contributed by atoms with Crippen molar-refractivity contribution in [1.82, 2.24) is 14.6 Å². The highest BCUT2D eigenvalue weighted by molar-refractivity contribution is 5.31. The third kappa shape index (κ3) is 3.84. The number of aromatic nitrogens is 2. The fourth-order valence-electron chi connectivity index (χ4n) is 3.62. The molecule has 1 aromatic carbocycles. The number of hydrogen-bond donors (Lipinski definition) is 7. The number of phenols is 1. The van der Waals surface area contributed by atoms with E-state index >= 15 is 0 Å². The van der Waals surface area contributed by atoms with Gasteiger partial charge < -0.3 is 35.5 Å². The number of phenolic OH excluding ortho intramolecular Hbond substituents is 1. The number of aliphatic hydroxyl groups is 4. The molecular formula is C19H24FN3O9. The van der Waals surface area contributed by atoms with Crippen LogP contribution in [0.3, 0.4) is 0 Å². The number of halogens is 1. The highest BCUT2D eigenvalue weighted by atomic mass is 19.1. The Balaban J connectivity index is 2.15. The van der Waals surface area contributed by atoms with Gasteiger partial charge in [-0.05, 0) is 13.0 Å². The molecule has 0 spiro atoms. The average molecular weight is 457 g/mol. The lowest BCUT2D eigenvalue weighted by molar-refractivity contribution is -0.413. The van der Waals surface area contributed by atoms with Gasteiger partial charge >= 0.3 is 11.6 Å². The predicted octanol–water partition coefficient (Wildman–Crippen LogP) is -1.92. The van der Waals surface area contributed by atoms with Gasteiger partial charge in [-0.1, -0.05) is 18.2 Å². The first-order valence-electron chi connectivity index (χ1n) is 9.60. The summed E-state index contributed by atoms with van der Waals surface area (Å²) < 4.78 is 18.9. The molecule has 1 unspecified atom stereocenters. The number of hydroxylamine groups is 2. The third-order valence-corrected chi connectivity index (χ3v) is 5.29. The second kappa shape index (κ2) is 8.71. The minimum absolute atomic E-state index is 0.0252. The molecule has 2 aromatic rings. The second-order valence-corrected chi connectivity index (χ2v) is 7.57. The van der Waals surface area contributed by atoms with Crippen LogP contribution in [0.5, 0.6) is 5.75 Å². The van der Waals surface area contributed by atoms with Gasteiger partial charge in [0.15, 0.2) is 0 Å². The molecule has 7 N–H and O–H groups in total. The number of hydrogen-bond acceptors (Lipinski definition) is 10. The van der Waals surface area contributed by atoms with E-state index in [0.29, 0.717) is 0 Å². The molecule has 1 saturated heterocycles. The molecule has 0 bridgehead atoms. The van der Waals surface area contributed by atoms with Crippen LogP contribution in [0, 0.1) is 0 Å². The van der Waals surface area contributed by atoms with Gasteiger partial charge in [0, 0.05) is 23.7 Å². The lowest BCUT2D eigenvalue weighted by atomic mass is 10.00. The van der Waals surface area contributed by atoms with Crippen molar-refractivity contribution in [2.45, 2.75) is 49.9 Å². The Morgan fingerprint density at radius 1 is 1.28 bits per heavy atom. The maximum atomic E-state index is 13.5. The average Bonchev–Trinajstić information content (AvgIpc) is 2.93. The van der Waals surface area contributed by atoms with E-state index in [9.17, 15) is 44.7 Å². The molecule has 13 heteroatoms. The van der Waals surface area contributed by atoms with Gasteiger partial charge in [0.2, 0.25) is 5.72 Å². The largest absolute Gasteiger partial charge is 0.508 e. The lowest BCUT2D eigenvalue weighted by Crippen LogP contribution is -2.68. The highest BCUT2D eigenvalue weighted by Crippen LogP contribution is 2.43. The number of benzene rings is 1. The van der Waals surface area contributed by atoms with Crippen molar-refractivity contribution in [3.8, 4) is 5.75 Å². The molecular weight excluding hydrogens is 433 g/mol. The number of aromatic amines is 1. The van der Waals surface area contributed by atoms with Crippen LogP contribution in [-0.2, 0) is 23.6 Å². The highest BCUT2D eigenvalue weighted by Gasteiger charge is 2.70. The zero-order valence-corrected chi connectivity index (χ0v) is 16.9. The van der Waals surface area contributed by atoms with Crippen LogP contribution in [-0.4, -0.2) is 76.1 Å². The van der Waals surface area contributed by atoms with Gasteiger partial charge in [0.1, 0.15) is 24.1 Å². The summed E-state index contributed by atoms with van der Waals surface area (Å²) in [6.07, 6.45) is -5.12. The normalized spacial score (nSPS) is 28.9. The van der Waals surface area contributed by atoms with Crippen LogP contribution in [0.1, 0.15) is 18.1 Å². The summed E-state index contributed by atoms with van der Waals surface area (Å²) in [6.45, 7) is -0.460. The Morgan fingerprint density at radius 3 is 2.53 bits per heavy atom. The molecule has 3 rings (SSSR count). The van der Waals surface area contributed by atoms with Gasteiger partial charge in [-0.2, -0.15) is 0 Å². The zero-order chi connectivity index (χ0) is 23.8. The Hall–Kier alpha value is -2.65. The molecule has 176 valence electrons. The molecule has 0 radical (unpaired) electrons. The van der Waals surface area contributed by atoms with E-state index in [2.05, 4.69) is 0 Å². The van der Waals surface area contributed by atoms with Crippen molar-refractivity contribution < 1.29 is 39.9 Å². The minimum atomic E-state index is -3.26. The first-order valence-corrected chi connectivity index (χ1v) is 9.60. The van der Waals surface area contributed by atoms with E-state index in [4.69, 9.17) is 4.74 Å². The number of alkyl halides is 1. The standard InChI is InChI=1S/C19H24FN3O9/c1-10(20)6-12-7-22(17(28)21-16(12)27)19(30)18(29,15(26)14(9-24)32-19)23(31)8-11-4-2-3-5-13(11)25/h2-5,7,10,14-15,24-26,29-31H,6,8-9H2,1H3,(H,21,27,28)/t10?,14-,15-,18-,19+/m1/s1. The quantitative estimate of drug-likeness (QED) is 0.182. The topological polar surface area (TPSA) is 189 Å². The summed E-state index contributed by atoms with van der Waals surface area (Å²) in [6, 6.07) is 5.66. The van der Waals surface area contributed by atoms with Crippen molar-refractivity contribution in [2.24, 2.45) is 0 Å². The summed E-state index contributed by atoms with van der Waals surface area (Å²) in [5.41, 5.74) is -5.69. The Labute approximate surface area is 179 Å². The van der Waals surface area contributed by atoms with Gasteiger partial charge in [-0.25, -0.2) is 13.8 Å². The summed E-state index contributed by atoms with van der Waals surface area (Å²) >= 11 is 0. The van der Waals surface area contributed by atoms with Crippen molar-refractivity contribution in [3.05, 3.63) is 62.4 Å². The Morgan fingerprint density at radius 2 is 1.94 bits per heavy atom. The first kappa shape index (κ1) is 24.0. The van der Waals surface area contributed by atoms with Crippen LogP contribution in [0.25, 0.3) is 0 Å². The number of aliphatic hydroxyl groups excluding tert-OH is 2. The van der Waals surface area contributed by atoms with E-state index < -0.39 is 60.8 Å². The Kier molecular flexibility index (Phi) is 6.53. The van der Waals surface area contributed by atoms with Gasteiger partial charge in [0.05, 0.1) is 13.2 Å². The third-order valence-electron chi connectivity index (χ3n) is 5.29. The van der Waals surface area contributed by atoms with Crippen molar-refractivity contribution in [2.75, 3.05) is 6.61 Å². The number of nitrogens with zero attached hydrogens (tertiary/aromatic N) is 2. The molecule has 1 aliphatic heterocycles. The van der Waals surface area contributed by atoms with Gasteiger partial charge in [-0.15, -0.1) is 5.06 Å². The van der Waals surface area contributed by atoms with Crippen LogP contribution >= 0.6 is 0 Å². The smallest absolute Gasteiger partial charge is 0.332 e. The molecule has 5 atom stereocenters. The summed E-state index contributed by atoms with van der Waals surface area (Å²) in [5.74, 6) is -3.54. The summed E-state index contributed by atoms with van der Waals surface area (Å²) in [4.78, 5) is 26.3. The lowest BCUT2D eigenvalue weighted by Gasteiger charge is -2.42. The van der Waals surface area contributed by atoms with E-state index in [0.717, 1.165) is 13.1 Å². The second-order valence-electron chi connectivity index (χ2n) is 7.57. The summed E-state index contributed by atoms with van der Waals surface area (Å²) in [7, 11) is 0. The molecule has 0 aliphatic carbocycles. The predicted molar refractivity (Wildman–Crippen MR) is 104 cm³/mol. The number of ether oxygens (including phenoxy) is 1. The van der Waals surface area contributed by atoms with Crippen molar-refractivity contribution in [1.29, 1.82) is 0 Å². The maximum absolute atomic E-state index is 13.5. The van der Waals surface area contributed by atoms with Crippen LogP contribution in [0.2, 0.25) is 0 Å². The molecule has 12 nitrogen and oxygen atoms in total. The number of aromatic hydroxyl groups is 1. The fraction of sp³-hybridized carbons (Fsp3) is 0.474. The van der Waals surface area contributed by atoms with E-state index in [1.54, 1.807) is 0 Å². The van der Waals surface area contributed by atoms with Crippen molar-refractivity contribution >= 4 is 0 Å². The molecule has 2 heterocycles. The summed E-state index contributed by atoms with van der Waals surface area (Å²) in [5, 5.41) is 63.2. The molecule has 1 aliphatic rings. The van der Waals surface area contributed by atoms with E-state index in [-0.39, 0.29) is 26.5 Å². The number of H-pyrrole nitrogens is 1. The van der Waals surface area contributed by atoms with Crippen molar-refractivity contribution in [3.63, 3.8) is 0 Å². The molecule has 0 saturated carbocycles. The van der Waals surface area contributed by atoms with Gasteiger partial charge in [0.25, 0.3) is 5.56 Å². The van der Waals surface area contributed by atoms with Crippen LogP contribution < -0.4 is 11.2 Å². The number of nitrogens with one attached hydrogen (secondary N) is 1. The fourth-order valence-corrected chi connectivity index (χ4v) is 3.62. The van der Waals surface area contributed by atoms with Crippen LogP contribution in [0.4, 0.5) is 4.39 Å². The number of para-hydroxylation sites is 1. The molecule has 1 fully saturated rings. The van der Waals surface area contributed by atoms with E-state index in [1.165, 1.54) is 24.3 Å². The maximum Gasteiger partial charge on any atom is 0.332 e. The van der Waals surface area contributed by atoms with E-state index in [1.807, 2.05) is 4.98 Å². The molecule has 1 aromatic heterocycles. The molecule has 32 heavy (non-hydrogen) atoms.